The highest BCUT2D eigenvalue weighted by Crippen LogP contribution is 2.27. The van der Waals surface area contributed by atoms with Crippen molar-refractivity contribution in [1.29, 1.82) is 0 Å². The lowest BCUT2D eigenvalue weighted by molar-refractivity contribution is 0.00909. The molecule has 0 radical (unpaired) electrons. The summed E-state index contributed by atoms with van der Waals surface area (Å²) in [6.45, 7) is 4.95. The molecule has 0 saturated carbocycles. The topological polar surface area (TPSA) is 54.4 Å². The zero-order valence-electron chi connectivity index (χ0n) is 17.0. The second-order valence-corrected chi connectivity index (χ2v) is 7.56. The monoisotopic (exact) mass is 420 g/mol. The molecule has 0 aliphatic carbocycles. The van der Waals surface area contributed by atoms with Gasteiger partial charge in [-0.1, -0.05) is 23.7 Å². The largest absolute Gasteiger partial charge is 0.493 e. The number of β-amino-alcohol motifs (C(OH)–C–C–N with tert-alkyl or cyclic N) is 1. The lowest BCUT2D eigenvalue weighted by Crippen LogP contribution is -2.49. The van der Waals surface area contributed by atoms with Crippen molar-refractivity contribution < 1.29 is 19.3 Å². The van der Waals surface area contributed by atoms with Crippen LogP contribution in [-0.4, -0.2) is 69.7 Å². The van der Waals surface area contributed by atoms with Crippen molar-refractivity contribution in [2.45, 2.75) is 12.7 Å². The summed E-state index contributed by atoms with van der Waals surface area (Å²) in [5.41, 5.74) is 2.13. The van der Waals surface area contributed by atoms with E-state index in [1.54, 1.807) is 14.2 Å². The zero-order chi connectivity index (χ0) is 20.6. The van der Waals surface area contributed by atoms with Crippen LogP contribution in [0, 0.1) is 0 Å². The molecule has 29 heavy (non-hydrogen) atoms. The van der Waals surface area contributed by atoms with Gasteiger partial charge >= 0.3 is 0 Å². The first-order valence-corrected chi connectivity index (χ1v) is 10.2. The van der Waals surface area contributed by atoms with Crippen LogP contribution in [0.15, 0.2) is 42.5 Å². The molecular weight excluding hydrogens is 392 g/mol. The molecule has 3 rings (SSSR count). The van der Waals surface area contributed by atoms with E-state index >= 15 is 0 Å². The average Bonchev–Trinajstić information content (AvgIpc) is 2.74. The molecule has 0 amide bonds. The number of anilines is 1. The maximum atomic E-state index is 10.3. The van der Waals surface area contributed by atoms with Crippen LogP contribution in [0.25, 0.3) is 0 Å². The van der Waals surface area contributed by atoms with Gasteiger partial charge < -0.3 is 24.2 Å². The van der Waals surface area contributed by atoms with Crippen LogP contribution in [-0.2, 0) is 11.3 Å². The van der Waals surface area contributed by atoms with E-state index in [0.29, 0.717) is 31.3 Å². The summed E-state index contributed by atoms with van der Waals surface area (Å²) in [4.78, 5) is 4.59. The van der Waals surface area contributed by atoms with E-state index in [1.807, 2.05) is 36.4 Å². The Hall–Kier alpha value is -1.99. The second-order valence-electron chi connectivity index (χ2n) is 7.13. The molecule has 2 aromatic rings. The van der Waals surface area contributed by atoms with Crippen molar-refractivity contribution in [3.8, 4) is 11.5 Å². The minimum atomic E-state index is -0.520. The molecule has 0 aromatic heterocycles. The molecular formula is C22H29ClN2O4. The molecule has 0 spiro atoms. The van der Waals surface area contributed by atoms with Gasteiger partial charge in [-0.3, -0.25) is 4.90 Å². The van der Waals surface area contributed by atoms with Gasteiger partial charge in [-0.15, -0.1) is 0 Å². The average molecular weight is 421 g/mol. The van der Waals surface area contributed by atoms with Gasteiger partial charge in [0.15, 0.2) is 11.5 Å². The Morgan fingerprint density at radius 1 is 1.00 bits per heavy atom. The molecule has 0 unspecified atom stereocenters. The lowest BCUT2D eigenvalue weighted by Gasteiger charge is -2.36. The predicted molar refractivity (Wildman–Crippen MR) is 115 cm³/mol. The van der Waals surface area contributed by atoms with Crippen LogP contribution in [0.3, 0.4) is 0 Å². The van der Waals surface area contributed by atoms with Gasteiger partial charge in [-0.2, -0.15) is 0 Å². The highest BCUT2D eigenvalue weighted by Gasteiger charge is 2.19. The number of ether oxygens (including phenoxy) is 3. The fourth-order valence-electron chi connectivity index (χ4n) is 3.50. The zero-order valence-corrected chi connectivity index (χ0v) is 17.8. The van der Waals surface area contributed by atoms with Crippen LogP contribution >= 0.6 is 11.6 Å². The van der Waals surface area contributed by atoms with E-state index in [1.165, 1.54) is 0 Å². The number of piperazine rings is 1. The van der Waals surface area contributed by atoms with Gasteiger partial charge in [0.2, 0.25) is 0 Å². The molecule has 1 aliphatic heterocycles. The normalized spacial score (nSPS) is 15.9. The highest BCUT2D eigenvalue weighted by atomic mass is 35.5. The Kier molecular flexibility index (Phi) is 8.00. The maximum Gasteiger partial charge on any atom is 0.161 e. The van der Waals surface area contributed by atoms with Gasteiger partial charge in [0, 0.05) is 43.4 Å². The number of nitrogens with zero attached hydrogens (tertiary/aromatic N) is 2. The third kappa shape index (κ3) is 6.24. The SMILES string of the molecule is COc1ccc(COC[C@@H](O)CN2CCN(c3cccc(Cl)c3)CC2)cc1OC. The standard InChI is InChI=1S/C22H29ClN2O4/c1-27-21-7-6-17(12-22(21)28-2)15-29-16-20(26)14-24-8-10-25(11-9-24)19-5-3-4-18(23)13-19/h3-7,12-13,20,26H,8-11,14-16H2,1-2H3/t20-/m0/s1. The summed E-state index contributed by atoms with van der Waals surface area (Å²) >= 11 is 6.09. The van der Waals surface area contributed by atoms with Crippen molar-refractivity contribution in [3.05, 3.63) is 53.1 Å². The fraction of sp³-hybridized carbons (Fsp3) is 0.455. The molecule has 1 saturated heterocycles. The molecule has 1 aliphatic rings. The fourth-order valence-corrected chi connectivity index (χ4v) is 3.68. The molecule has 1 fully saturated rings. The first kappa shape index (κ1) is 21.7. The number of hydrogen-bond donors (Lipinski definition) is 1. The van der Waals surface area contributed by atoms with E-state index in [-0.39, 0.29) is 0 Å². The summed E-state index contributed by atoms with van der Waals surface area (Å²) < 4.78 is 16.2. The van der Waals surface area contributed by atoms with Crippen molar-refractivity contribution >= 4 is 17.3 Å². The Labute approximate surface area is 177 Å². The molecule has 1 heterocycles. The summed E-state index contributed by atoms with van der Waals surface area (Å²) in [7, 11) is 3.22. The molecule has 2 aromatic carbocycles. The van der Waals surface area contributed by atoms with Gasteiger partial charge in [-0.25, -0.2) is 0 Å². The second kappa shape index (κ2) is 10.7. The smallest absolute Gasteiger partial charge is 0.161 e. The number of benzene rings is 2. The van der Waals surface area contributed by atoms with Crippen LogP contribution < -0.4 is 14.4 Å². The number of aliphatic hydroxyl groups excluding tert-OH is 1. The van der Waals surface area contributed by atoms with Crippen LogP contribution in [0.5, 0.6) is 11.5 Å². The third-order valence-corrected chi connectivity index (χ3v) is 5.28. The number of aliphatic hydroxyl groups is 1. The Bertz CT molecular complexity index is 781. The van der Waals surface area contributed by atoms with Gasteiger partial charge in [0.1, 0.15) is 0 Å². The van der Waals surface area contributed by atoms with Gasteiger partial charge in [0.05, 0.1) is 33.5 Å². The van der Waals surface area contributed by atoms with E-state index < -0.39 is 6.10 Å². The van der Waals surface area contributed by atoms with E-state index in [9.17, 15) is 5.11 Å². The van der Waals surface area contributed by atoms with Crippen molar-refractivity contribution in [1.82, 2.24) is 4.90 Å². The maximum absolute atomic E-state index is 10.3. The van der Waals surface area contributed by atoms with Crippen molar-refractivity contribution in [3.63, 3.8) is 0 Å². The summed E-state index contributed by atoms with van der Waals surface area (Å²) in [5, 5.41) is 11.1. The molecule has 1 N–H and O–H groups in total. The van der Waals surface area contributed by atoms with Crippen LogP contribution in [0.4, 0.5) is 5.69 Å². The summed E-state index contributed by atoms with van der Waals surface area (Å²) in [6, 6.07) is 13.6. The number of rotatable bonds is 9. The molecule has 158 valence electrons. The van der Waals surface area contributed by atoms with Gasteiger partial charge in [-0.05, 0) is 35.9 Å². The summed E-state index contributed by atoms with van der Waals surface area (Å²) in [5.74, 6) is 1.36. The molecule has 0 bridgehead atoms. The molecule has 6 nitrogen and oxygen atoms in total. The van der Waals surface area contributed by atoms with E-state index in [2.05, 4.69) is 15.9 Å². The first-order chi connectivity index (χ1) is 14.1. The quantitative estimate of drug-likeness (QED) is 0.673. The third-order valence-electron chi connectivity index (χ3n) is 5.04. The highest BCUT2D eigenvalue weighted by molar-refractivity contribution is 6.30. The summed E-state index contributed by atoms with van der Waals surface area (Å²) in [6.07, 6.45) is -0.520. The Morgan fingerprint density at radius 2 is 1.76 bits per heavy atom. The molecule has 1 atom stereocenters. The van der Waals surface area contributed by atoms with E-state index in [0.717, 1.165) is 42.5 Å². The predicted octanol–water partition coefficient (Wildman–Crippen LogP) is 3.06. The Balaban J connectivity index is 1.39. The number of halogens is 1. The van der Waals surface area contributed by atoms with Crippen LogP contribution in [0.1, 0.15) is 5.56 Å². The minimum Gasteiger partial charge on any atom is -0.493 e. The lowest BCUT2D eigenvalue weighted by atomic mass is 10.2. The van der Waals surface area contributed by atoms with Gasteiger partial charge in [0.25, 0.3) is 0 Å². The van der Waals surface area contributed by atoms with Crippen molar-refractivity contribution in [2.75, 3.05) is 58.5 Å². The molecule has 7 heteroatoms. The Morgan fingerprint density at radius 3 is 2.45 bits per heavy atom. The number of methoxy groups -OCH3 is 2. The van der Waals surface area contributed by atoms with E-state index in [4.69, 9.17) is 25.8 Å². The number of hydrogen-bond acceptors (Lipinski definition) is 6. The first-order valence-electron chi connectivity index (χ1n) is 9.78. The minimum absolute atomic E-state index is 0.294. The van der Waals surface area contributed by atoms with Crippen molar-refractivity contribution in [2.24, 2.45) is 0 Å². The van der Waals surface area contributed by atoms with Crippen LogP contribution in [0.2, 0.25) is 5.02 Å².